The number of aromatic nitrogens is 2. The van der Waals surface area contributed by atoms with Gasteiger partial charge in [0.05, 0.1) is 40.3 Å². The second kappa shape index (κ2) is 13.2. The number of methoxy groups -OCH3 is 1. The van der Waals surface area contributed by atoms with E-state index in [1.54, 1.807) is 41.4 Å². The molecular weight excluding hydrogens is 592 g/mol. The number of carbonyl (C=O) groups excluding carboxylic acids is 1. The van der Waals surface area contributed by atoms with E-state index in [-0.39, 0.29) is 17.3 Å². The zero-order valence-electron chi connectivity index (χ0n) is 26.3. The van der Waals surface area contributed by atoms with Gasteiger partial charge in [0.25, 0.3) is 0 Å². The molecule has 1 fully saturated rings. The first kappa shape index (κ1) is 31.8. The summed E-state index contributed by atoms with van der Waals surface area (Å²) in [6, 6.07) is 14.7. The Balaban J connectivity index is 1.40. The molecular formula is C34H37ClN6O4. The SMILES string of the molecule is CCN1C[C@@H](C)N(C(=O)Oc2cc3ncc(C#N)c(Nc4ccc(OCc5ncccc5C)cc4Cl)c3cc2OC)CC1(C)C. The monoisotopic (exact) mass is 628 g/mol. The van der Waals surface area contributed by atoms with E-state index < -0.39 is 6.09 Å². The Morgan fingerprint density at radius 1 is 1.20 bits per heavy atom. The van der Waals surface area contributed by atoms with Crippen LogP contribution in [0.5, 0.6) is 17.2 Å². The molecule has 0 aliphatic carbocycles. The number of nitriles is 1. The highest BCUT2D eigenvalue weighted by molar-refractivity contribution is 6.33. The van der Waals surface area contributed by atoms with Gasteiger partial charge in [-0.25, -0.2) is 4.79 Å². The number of ether oxygens (including phenoxy) is 3. The van der Waals surface area contributed by atoms with Gasteiger partial charge in [0.1, 0.15) is 18.4 Å². The zero-order valence-corrected chi connectivity index (χ0v) is 27.1. The van der Waals surface area contributed by atoms with Gasteiger partial charge in [-0.3, -0.25) is 14.9 Å². The average Bonchev–Trinajstić information content (AvgIpc) is 3.02. The number of aryl methyl sites for hydroxylation is 1. The maximum absolute atomic E-state index is 13.4. The highest BCUT2D eigenvalue weighted by Gasteiger charge is 2.39. The molecule has 0 unspecified atom stereocenters. The molecule has 3 heterocycles. The molecule has 5 rings (SSSR count). The second-order valence-corrected chi connectivity index (χ2v) is 12.1. The minimum atomic E-state index is -0.455. The smallest absolute Gasteiger partial charge is 0.415 e. The van der Waals surface area contributed by atoms with Gasteiger partial charge in [-0.2, -0.15) is 5.26 Å². The van der Waals surface area contributed by atoms with Crippen molar-refractivity contribution < 1.29 is 19.0 Å². The number of fused-ring (bicyclic) bond motifs is 1. The van der Waals surface area contributed by atoms with Crippen molar-refractivity contribution in [3.8, 4) is 23.3 Å². The van der Waals surface area contributed by atoms with Crippen molar-refractivity contribution >= 4 is 40.0 Å². The number of carbonyl (C=O) groups is 1. The summed E-state index contributed by atoms with van der Waals surface area (Å²) in [5.74, 6) is 1.15. The largest absolute Gasteiger partial charge is 0.493 e. The van der Waals surface area contributed by atoms with Crippen LogP contribution in [0.15, 0.2) is 54.9 Å². The molecule has 4 aromatic rings. The number of halogens is 1. The standard InChI is InChI=1S/C34H37ClN6O4/c1-7-40-18-22(3)41(20-34(40,4)5)33(42)45-31-15-28-25(14-30(31)43-6)32(23(16-36)17-38-28)39-27-11-10-24(13-26(27)35)44-19-29-21(2)9-8-12-37-29/h8-15,17,22H,7,18-20H2,1-6H3,(H,38,39)/t22-/m1/s1. The first-order chi connectivity index (χ1) is 21.5. The Hall–Kier alpha value is -4.59. The number of rotatable bonds is 8. The quantitative estimate of drug-likeness (QED) is 0.218. The second-order valence-electron chi connectivity index (χ2n) is 11.7. The molecule has 1 N–H and O–H groups in total. The molecule has 10 nitrogen and oxygen atoms in total. The predicted molar refractivity (Wildman–Crippen MR) is 175 cm³/mol. The highest BCUT2D eigenvalue weighted by atomic mass is 35.5. The maximum atomic E-state index is 13.4. The van der Waals surface area contributed by atoms with Crippen LogP contribution in [0.3, 0.4) is 0 Å². The lowest BCUT2D eigenvalue weighted by molar-refractivity contribution is 0.000951. The van der Waals surface area contributed by atoms with E-state index in [0.29, 0.717) is 57.5 Å². The number of amides is 1. The Kier molecular flexibility index (Phi) is 9.32. The van der Waals surface area contributed by atoms with Crippen molar-refractivity contribution in [3.05, 3.63) is 76.7 Å². The van der Waals surface area contributed by atoms with E-state index in [1.165, 1.54) is 13.3 Å². The fourth-order valence-corrected chi connectivity index (χ4v) is 5.81. The van der Waals surface area contributed by atoms with Crippen LogP contribution in [0.4, 0.5) is 16.2 Å². The van der Waals surface area contributed by atoms with Crippen LogP contribution in [0.2, 0.25) is 5.02 Å². The van der Waals surface area contributed by atoms with E-state index in [2.05, 4.69) is 47.0 Å². The van der Waals surface area contributed by atoms with E-state index >= 15 is 0 Å². The molecule has 0 spiro atoms. The van der Waals surface area contributed by atoms with E-state index in [9.17, 15) is 10.1 Å². The zero-order chi connectivity index (χ0) is 32.3. The Bertz CT molecular complexity index is 1770. The van der Waals surface area contributed by atoms with Crippen molar-refractivity contribution in [3.63, 3.8) is 0 Å². The Morgan fingerprint density at radius 2 is 2.00 bits per heavy atom. The molecule has 1 aliphatic heterocycles. The molecule has 45 heavy (non-hydrogen) atoms. The number of nitrogens with one attached hydrogen (secondary N) is 1. The van der Waals surface area contributed by atoms with Crippen molar-refractivity contribution in [1.29, 1.82) is 5.26 Å². The predicted octanol–water partition coefficient (Wildman–Crippen LogP) is 7.10. The maximum Gasteiger partial charge on any atom is 0.415 e. The summed E-state index contributed by atoms with van der Waals surface area (Å²) in [6.07, 6.45) is 2.75. The normalized spacial score (nSPS) is 16.2. The molecule has 1 aliphatic rings. The van der Waals surface area contributed by atoms with E-state index in [0.717, 1.165) is 24.3 Å². The van der Waals surface area contributed by atoms with Crippen LogP contribution in [0, 0.1) is 18.3 Å². The van der Waals surface area contributed by atoms with Gasteiger partial charge in [0, 0.05) is 54.6 Å². The number of piperazine rings is 1. The van der Waals surface area contributed by atoms with Gasteiger partial charge in [-0.1, -0.05) is 24.6 Å². The average molecular weight is 629 g/mol. The molecule has 0 saturated carbocycles. The molecule has 234 valence electrons. The fraction of sp³-hybridized carbons (Fsp3) is 0.353. The molecule has 0 bridgehead atoms. The lowest BCUT2D eigenvalue weighted by Crippen LogP contribution is -2.64. The van der Waals surface area contributed by atoms with Crippen LogP contribution in [0.25, 0.3) is 10.9 Å². The molecule has 11 heteroatoms. The number of nitrogens with zero attached hydrogens (tertiary/aromatic N) is 5. The molecule has 2 aromatic carbocycles. The number of hydrogen-bond donors (Lipinski definition) is 1. The number of anilines is 2. The van der Waals surface area contributed by atoms with Gasteiger partial charge < -0.3 is 24.4 Å². The summed E-state index contributed by atoms with van der Waals surface area (Å²) in [5, 5.41) is 14.2. The van der Waals surface area contributed by atoms with Crippen molar-refractivity contribution in [2.75, 3.05) is 32.1 Å². The van der Waals surface area contributed by atoms with Gasteiger partial charge in [0.15, 0.2) is 11.5 Å². The van der Waals surface area contributed by atoms with Crippen molar-refractivity contribution in [1.82, 2.24) is 19.8 Å². The number of hydrogen-bond acceptors (Lipinski definition) is 9. The van der Waals surface area contributed by atoms with E-state index in [4.69, 9.17) is 25.8 Å². The first-order valence-electron chi connectivity index (χ1n) is 14.8. The summed E-state index contributed by atoms with van der Waals surface area (Å²) in [5.41, 5.74) is 3.56. The van der Waals surface area contributed by atoms with Crippen molar-refractivity contribution in [2.24, 2.45) is 0 Å². The van der Waals surface area contributed by atoms with Gasteiger partial charge in [-0.15, -0.1) is 0 Å². The third kappa shape index (κ3) is 6.75. The summed E-state index contributed by atoms with van der Waals surface area (Å²) < 4.78 is 17.5. The van der Waals surface area contributed by atoms with Gasteiger partial charge in [0.2, 0.25) is 0 Å². The van der Waals surface area contributed by atoms with Crippen LogP contribution >= 0.6 is 11.6 Å². The lowest BCUT2D eigenvalue weighted by atomic mass is 9.96. The minimum Gasteiger partial charge on any atom is -0.493 e. The number of benzene rings is 2. The summed E-state index contributed by atoms with van der Waals surface area (Å²) >= 11 is 6.66. The summed E-state index contributed by atoms with van der Waals surface area (Å²) in [4.78, 5) is 26.4. The summed E-state index contributed by atoms with van der Waals surface area (Å²) in [6.45, 7) is 12.9. The van der Waals surface area contributed by atoms with Crippen LogP contribution in [-0.4, -0.2) is 64.2 Å². The van der Waals surface area contributed by atoms with Gasteiger partial charge in [-0.05, 0) is 64.1 Å². The molecule has 1 saturated heterocycles. The lowest BCUT2D eigenvalue weighted by Gasteiger charge is -2.49. The Labute approximate surface area is 268 Å². The fourth-order valence-electron chi connectivity index (χ4n) is 5.59. The highest BCUT2D eigenvalue weighted by Crippen LogP contribution is 2.39. The molecule has 1 atom stereocenters. The Morgan fingerprint density at radius 3 is 2.69 bits per heavy atom. The van der Waals surface area contributed by atoms with Gasteiger partial charge >= 0.3 is 6.09 Å². The molecule has 1 amide bonds. The van der Waals surface area contributed by atoms with Crippen LogP contribution < -0.4 is 19.5 Å². The minimum absolute atomic E-state index is 0.0234. The van der Waals surface area contributed by atoms with E-state index in [1.807, 2.05) is 26.0 Å². The third-order valence-electron chi connectivity index (χ3n) is 8.21. The first-order valence-corrected chi connectivity index (χ1v) is 15.2. The van der Waals surface area contributed by atoms with Crippen LogP contribution in [-0.2, 0) is 6.61 Å². The summed E-state index contributed by atoms with van der Waals surface area (Å²) in [7, 11) is 1.50. The molecule has 2 aromatic heterocycles. The third-order valence-corrected chi connectivity index (χ3v) is 8.52. The number of likely N-dealkylation sites (N-methyl/N-ethyl adjacent to an activating group) is 1. The molecule has 0 radical (unpaired) electrons. The van der Waals surface area contributed by atoms with Crippen molar-refractivity contribution in [2.45, 2.75) is 52.8 Å². The topological polar surface area (TPSA) is 113 Å². The van der Waals surface area contributed by atoms with Crippen LogP contribution in [0.1, 0.15) is 44.5 Å². The number of pyridine rings is 2.